The van der Waals surface area contributed by atoms with Crippen LogP contribution < -0.4 is 5.73 Å². The van der Waals surface area contributed by atoms with Gasteiger partial charge in [-0.3, -0.25) is 4.90 Å². The summed E-state index contributed by atoms with van der Waals surface area (Å²) in [6.45, 7) is 11.4. The van der Waals surface area contributed by atoms with Crippen molar-refractivity contribution in [1.82, 2.24) is 4.90 Å². The molecule has 0 heterocycles. The Morgan fingerprint density at radius 3 is 2.07 bits per heavy atom. The average Bonchev–Trinajstić information content (AvgIpc) is 2.18. The second kappa shape index (κ2) is 6.38. The summed E-state index contributed by atoms with van der Waals surface area (Å²) in [4.78, 5) is 2.39. The van der Waals surface area contributed by atoms with Crippen molar-refractivity contribution in [3.63, 3.8) is 0 Å². The van der Waals surface area contributed by atoms with E-state index in [0.29, 0.717) is 12.6 Å². The van der Waals surface area contributed by atoms with E-state index in [2.05, 4.69) is 32.6 Å². The molecule has 3 heteroatoms. The highest BCUT2D eigenvalue weighted by Gasteiger charge is 2.24. The van der Waals surface area contributed by atoms with Crippen LogP contribution in [0.3, 0.4) is 0 Å². The summed E-state index contributed by atoms with van der Waals surface area (Å²) >= 11 is 0. The van der Waals surface area contributed by atoms with Gasteiger partial charge in [0.15, 0.2) is 0 Å². The average molecular weight is 202 g/mol. The number of likely N-dealkylation sites (N-methyl/N-ethyl adjacent to an activating group) is 1. The highest BCUT2D eigenvalue weighted by Crippen LogP contribution is 2.18. The van der Waals surface area contributed by atoms with Gasteiger partial charge in [-0.15, -0.1) is 0 Å². The van der Waals surface area contributed by atoms with Gasteiger partial charge in [0.05, 0.1) is 5.60 Å². The minimum absolute atomic E-state index is 0.0768. The number of hydrogen-bond donors (Lipinski definition) is 1. The molecule has 0 saturated carbocycles. The van der Waals surface area contributed by atoms with Crippen LogP contribution >= 0.6 is 0 Å². The fourth-order valence-electron chi connectivity index (χ4n) is 1.75. The Bertz CT molecular complexity index is 144. The normalized spacial score (nSPS) is 14.8. The minimum atomic E-state index is -0.0768. The van der Waals surface area contributed by atoms with Gasteiger partial charge in [-0.1, -0.05) is 13.8 Å². The van der Waals surface area contributed by atoms with Gasteiger partial charge in [-0.05, 0) is 33.4 Å². The molecule has 0 amide bonds. The number of methoxy groups -OCH3 is 1. The van der Waals surface area contributed by atoms with Crippen molar-refractivity contribution in [2.45, 2.75) is 45.8 Å². The standard InChI is InChI=1S/C11H26N2O/c1-6-13(7-2)10(9-12)8-11(3,4)14-5/h10H,6-9,12H2,1-5H3. The number of ether oxygens (including phenoxy) is 1. The maximum absolute atomic E-state index is 5.79. The van der Waals surface area contributed by atoms with Crippen molar-refractivity contribution in [2.24, 2.45) is 5.73 Å². The Morgan fingerprint density at radius 2 is 1.79 bits per heavy atom. The van der Waals surface area contributed by atoms with E-state index in [1.54, 1.807) is 7.11 Å². The lowest BCUT2D eigenvalue weighted by Crippen LogP contribution is -2.45. The van der Waals surface area contributed by atoms with Gasteiger partial charge in [0.1, 0.15) is 0 Å². The van der Waals surface area contributed by atoms with Gasteiger partial charge in [-0.2, -0.15) is 0 Å². The first kappa shape index (κ1) is 13.9. The van der Waals surface area contributed by atoms with Gasteiger partial charge < -0.3 is 10.5 Å². The molecule has 0 aromatic rings. The molecule has 86 valence electrons. The van der Waals surface area contributed by atoms with Crippen LogP contribution in [0, 0.1) is 0 Å². The summed E-state index contributed by atoms with van der Waals surface area (Å²) in [5, 5.41) is 0. The van der Waals surface area contributed by atoms with Gasteiger partial charge >= 0.3 is 0 Å². The Kier molecular flexibility index (Phi) is 6.33. The van der Waals surface area contributed by atoms with Gasteiger partial charge in [-0.25, -0.2) is 0 Å². The van der Waals surface area contributed by atoms with Crippen molar-refractivity contribution in [1.29, 1.82) is 0 Å². The summed E-state index contributed by atoms with van der Waals surface area (Å²) in [6.07, 6.45) is 0.988. The van der Waals surface area contributed by atoms with E-state index in [4.69, 9.17) is 10.5 Å². The molecule has 0 fully saturated rings. The van der Waals surface area contributed by atoms with E-state index in [-0.39, 0.29) is 5.60 Å². The molecule has 0 spiro atoms. The number of hydrogen-bond acceptors (Lipinski definition) is 3. The van der Waals surface area contributed by atoms with Gasteiger partial charge in [0, 0.05) is 19.7 Å². The molecule has 0 aliphatic heterocycles. The fourth-order valence-corrected chi connectivity index (χ4v) is 1.75. The Balaban J connectivity index is 4.26. The summed E-state index contributed by atoms with van der Waals surface area (Å²) < 4.78 is 5.43. The summed E-state index contributed by atoms with van der Waals surface area (Å²) in [5.41, 5.74) is 5.71. The molecule has 2 N–H and O–H groups in total. The van der Waals surface area contributed by atoms with Crippen LogP contribution in [0.15, 0.2) is 0 Å². The first-order valence-corrected chi connectivity index (χ1v) is 5.50. The largest absolute Gasteiger partial charge is 0.379 e. The number of rotatable bonds is 7. The van der Waals surface area contributed by atoms with Crippen molar-refractivity contribution < 1.29 is 4.74 Å². The zero-order chi connectivity index (χ0) is 11.2. The molecule has 0 saturated heterocycles. The van der Waals surface area contributed by atoms with Crippen molar-refractivity contribution in [3.8, 4) is 0 Å². The number of nitrogens with zero attached hydrogens (tertiary/aromatic N) is 1. The first-order valence-electron chi connectivity index (χ1n) is 5.50. The molecular weight excluding hydrogens is 176 g/mol. The lowest BCUT2D eigenvalue weighted by molar-refractivity contribution is -0.00637. The highest BCUT2D eigenvalue weighted by molar-refractivity contribution is 4.80. The SMILES string of the molecule is CCN(CC)C(CN)CC(C)(C)OC. The van der Waals surface area contributed by atoms with E-state index < -0.39 is 0 Å². The van der Waals surface area contributed by atoms with Gasteiger partial charge in [0.25, 0.3) is 0 Å². The first-order chi connectivity index (χ1) is 6.50. The lowest BCUT2D eigenvalue weighted by atomic mass is 9.97. The molecule has 14 heavy (non-hydrogen) atoms. The monoisotopic (exact) mass is 202 g/mol. The Morgan fingerprint density at radius 1 is 1.29 bits per heavy atom. The maximum Gasteiger partial charge on any atom is 0.0638 e. The quantitative estimate of drug-likeness (QED) is 0.679. The van der Waals surface area contributed by atoms with E-state index in [1.807, 2.05) is 0 Å². The summed E-state index contributed by atoms with van der Waals surface area (Å²) in [7, 11) is 1.76. The number of nitrogens with two attached hydrogens (primary N) is 1. The highest BCUT2D eigenvalue weighted by atomic mass is 16.5. The molecule has 0 aromatic heterocycles. The second-order valence-corrected chi connectivity index (χ2v) is 4.28. The van der Waals surface area contributed by atoms with E-state index in [1.165, 1.54) is 0 Å². The molecule has 0 aliphatic carbocycles. The zero-order valence-electron chi connectivity index (χ0n) is 10.3. The Hall–Kier alpha value is -0.120. The van der Waals surface area contributed by atoms with Crippen LogP contribution in [-0.2, 0) is 4.74 Å². The fraction of sp³-hybridized carbons (Fsp3) is 1.00. The van der Waals surface area contributed by atoms with E-state index >= 15 is 0 Å². The molecule has 1 unspecified atom stereocenters. The van der Waals surface area contributed by atoms with Crippen molar-refractivity contribution >= 4 is 0 Å². The van der Waals surface area contributed by atoms with E-state index in [9.17, 15) is 0 Å². The lowest BCUT2D eigenvalue weighted by Gasteiger charge is -2.34. The molecular formula is C11H26N2O. The molecule has 1 atom stereocenters. The molecule has 0 aliphatic rings. The molecule has 0 bridgehead atoms. The predicted molar refractivity (Wildman–Crippen MR) is 61.5 cm³/mol. The third kappa shape index (κ3) is 4.40. The van der Waals surface area contributed by atoms with Crippen molar-refractivity contribution in [3.05, 3.63) is 0 Å². The smallest absolute Gasteiger partial charge is 0.0638 e. The summed E-state index contributed by atoms with van der Waals surface area (Å²) in [5.74, 6) is 0. The molecule has 0 radical (unpaired) electrons. The third-order valence-corrected chi connectivity index (χ3v) is 2.88. The van der Waals surface area contributed by atoms with Gasteiger partial charge in [0.2, 0.25) is 0 Å². The van der Waals surface area contributed by atoms with E-state index in [0.717, 1.165) is 19.5 Å². The van der Waals surface area contributed by atoms with Crippen LogP contribution in [0.1, 0.15) is 34.1 Å². The second-order valence-electron chi connectivity index (χ2n) is 4.28. The van der Waals surface area contributed by atoms with Crippen LogP contribution in [0.2, 0.25) is 0 Å². The molecule has 0 rings (SSSR count). The minimum Gasteiger partial charge on any atom is -0.379 e. The Labute approximate surface area is 88.6 Å². The zero-order valence-corrected chi connectivity index (χ0v) is 10.3. The molecule has 0 aromatic carbocycles. The molecule has 3 nitrogen and oxygen atoms in total. The predicted octanol–water partition coefficient (Wildman–Crippen LogP) is 1.47. The topological polar surface area (TPSA) is 38.5 Å². The summed E-state index contributed by atoms with van der Waals surface area (Å²) in [6, 6.07) is 0.431. The van der Waals surface area contributed by atoms with Crippen molar-refractivity contribution in [2.75, 3.05) is 26.7 Å². The van der Waals surface area contributed by atoms with Crippen LogP contribution in [-0.4, -0.2) is 43.3 Å². The van der Waals surface area contributed by atoms with Crippen LogP contribution in [0.25, 0.3) is 0 Å². The van der Waals surface area contributed by atoms with Crippen LogP contribution in [0.4, 0.5) is 0 Å². The maximum atomic E-state index is 5.79. The van der Waals surface area contributed by atoms with Crippen LogP contribution in [0.5, 0.6) is 0 Å². The third-order valence-electron chi connectivity index (χ3n) is 2.88.